The lowest BCUT2D eigenvalue weighted by Gasteiger charge is -2.24. The van der Waals surface area contributed by atoms with E-state index in [2.05, 4.69) is 16.1 Å². The summed E-state index contributed by atoms with van der Waals surface area (Å²) in [5, 5.41) is 3.62. The van der Waals surface area contributed by atoms with Crippen LogP contribution in [0.3, 0.4) is 0 Å². The van der Waals surface area contributed by atoms with Gasteiger partial charge in [-0.2, -0.15) is 0 Å². The minimum atomic E-state index is 0.773. The summed E-state index contributed by atoms with van der Waals surface area (Å²) in [4.78, 5) is 2.57. The van der Waals surface area contributed by atoms with E-state index in [1.807, 2.05) is 0 Å². The molecule has 0 aromatic heterocycles. The molecule has 0 aliphatic carbocycles. The van der Waals surface area contributed by atoms with Gasteiger partial charge >= 0.3 is 0 Å². The summed E-state index contributed by atoms with van der Waals surface area (Å²) < 4.78 is 0. The number of terminal acetylenes is 1. The molecular weight excluding hydrogens is 172 g/mol. The van der Waals surface area contributed by atoms with Crippen molar-refractivity contribution in [3.8, 4) is 12.3 Å². The van der Waals surface area contributed by atoms with Crippen LogP contribution >= 0.6 is 0 Å². The van der Waals surface area contributed by atoms with Gasteiger partial charge in [0.15, 0.2) is 0 Å². The molecule has 78 valence electrons. The first-order chi connectivity index (χ1) is 6.90. The summed E-state index contributed by atoms with van der Waals surface area (Å²) in [6.07, 6.45) is 10.1. The summed E-state index contributed by atoms with van der Waals surface area (Å²) >= 11 is 0. The first-order valence-corrected chi connectivity index (χ1v) is 5.79. The van der Waals surface area contributed by atoms with Crippen LogP contribution in [0.15, 0.2) is 0 Å². The van der Waals surface area contributed by atoms with Gasteiger partial charge in [0.2, 0.25) is 0 Å². The number of piperidine rings is 1. The predicted molar refractivity (Wildman–Crippen MR) is 59.0 cm³/mol. The Balaban J connectivity index is 1.73. The van der Waals surface area contributed by atoms with Crippen LogP contribution in [-0.2, 0) is 0 Å². The molecule has 2 fully saturated rings. The molecule has 0 bridgehead atoms. The zero-order chi connectivity index (χ0) is 9.80. The molecule has 2 aliphatic rings. The number of rotatable bonds is 3. The average molecular weight is 192 g/mol. The monoisotopic (exact) mass is 192 g/mol. The van der Waals surface area contributed by atoms with E-state index in [0.29, 0.717) is 0 Å². The zero-order valence-corrected chi connectivity index (χ0v) is 8.84. The maximum Gasteiger partial charge on any atom is 0.0235 e. The van der Waals surface area contributed by atoms with Gasteiger partial charge in [0.25, 0.3) is 0 Å². The molecule has 0 aromatic carbocycles. The molecule has 2 heterocycles. The van der Waals surface area contributed by atoms with Gasteiger partial charge in [-0.1, -0.05) is 0 Å². The summed E-state index contributed by atoms with van der Waals surface area (Å²) in [7, 11) is 0. The lowest BCUT2D eigenvalue weighted by Crippen LogP contribution is -2.40. The number of hydrogen-bond donors (Lipinski definition) is 1. The highest BCUT2D eigenvalue weighted by Crippen LogP contribution is 2.24. The van der Waals surface area contributed by atoms with Crippen LogP contribution in [0.1, 0.15) is 25.7 Å². The normalized spacial score (nSPS) is 32.5. The quantitative estimate of drug-likeness (QED) is 0.532. The van der Waals surface area contributed by atoms with Crippen molar-refractivity contribution in [3.63, 3.8) is 0 Å². The Hall–Kier alpha value is -0.520. The molecule has 1 N–H and O–H groups in total. The lowest BCUT2D eigenvalue weighted by molar-refractivity contribution is 0.317. The first kappa shape index (κ1) is 10.0. The Labute approximate surface area is 87.1 Å². The molecule has 2 unspecified atom stereocenters. The Kier molecular flexibility index (Phi) is 3.44. The van der Waals surface area contributed by atoms with Crippen molar-refractivity contribution in [3.05, 3.63) is 0 Å². The fraction of sp³-hybridized carbons (Fsp3) is 0.833. The fourth-order valence-electron chi connectivity index (χ4n) is 2.72. The first-order valence-electron chi connectivity index (χ1n) is 5.79. The maximum atomic E-state index is 5.25. The lowest BCUT2D eigenvalue weighted by atomic mass is 9.94. The van der Waals surface area contributed by atoms with Crippen molar-refractivity contribution in [2.75, 3.05) is 26.2 Å². The molecule has 0 spiro atoms. The van der Waals surface area contributed by atoms with Gasteiger partial charge in [-0.3, -0.25) is 0 Å². The summed E-state index contributed by atoms with van der Waals surface area (Å²) in [5.41, 5.74) is 0. The van der Waals surface area contributed by atoms with Crippen molar-refractivity contribution in [1.29, 1.82) is 0 Å². The van der Waals surface area contributed by atoms with Crippen LogP contribution in [0.4, 0.5) is 0 Å². The van der Waals surface area contributed by atoms with Crippen LogP contribution in [0, 0.1) is 18.3 Å². The van der Waals surface area contributed by atoms with Gasteiger partial charge in [0.05, 0.1) is 0 Å². The highest BCUT2D eigenvalue weighted by Gasteiger charge is 2.33. The van der Waals surface area contributed by atoms with Crippen molar-refractivity contribution in [2.45, 2.75) is 31.7 Å². The number of nitrogens with zero attached hydrogens (tertiary/aromatic N) is 1. The van der Waals surface area contributed by atoms with Crippen LogP contribution in [-0.4, -0.2) is 37.1 Å². The smallest absolute Gasteiger partial charge is 0.0235 e. The number of fused-ring (bicyclic) bond motifs is 1. The van der Waals surface area contributed by atoms with E-state index in [9.17, 15) is 0 Å². The van der Waals surface area contributed by atoms with Crippen molar-refractivity contribution < 1.29 is 0 Å². The van der Waals surface area contributed by atoms with Gasteiger partial charge < -0.3 is 10.2 Å². The number of unbranched alkanes of at least 4 members (excludes halogenated alkanes) is 1. The fourth-order valence-corrected chi connectivity index (χ4v) is 2.72. The molecular formula is C12H20N2. The van der Waals surface area contributed by atoms with Gasteiger partial charge in [-0.15, -0.1) is 12.3 Å². The number of likely N-dealkylation sites (tertiary alicyclic amines) is 1. The van der Waals surface area contributed by atoms with E-state index in [1.165, 1.54) is 39.0 Å². The van der Waals surface area contributed by atoms with E-state index in [0.717, 1.165) is 24.8 Å². The van der Waals surface area contributed by atoms with Crippen molar-refractivity contribution in [1.82, 2.24) is 10.2 Å². The van der Waals surface area contributed by atoms with Gasteiger partial charge in [-0.05, 0) is 38.3 Å². The topological polar surface area (TPSA) is 15.3 Å². The minimum absolute atomic E-state index is 0.773. The van der Waals surface area contributed by atoms with Crippen LogP contribution in [0.5, 0.6) is 0 Å². The second-order valence-electron chi connectivity index (χ2n) is 4.53. The second kappa shape index (κ2) is 4.82. The SMILES string of the molecule is C#CCCCN1CC2CCCNC2C1. The highest BCUT2D eigenvalue weighted by molar-refractivity contribution is 4.92. The summed E-state index contributed by atoms with van der Waals surface area (Å²) in [5.74, 6) is 3.62. The molecule has 2 aliphatic heterocycles. The molecule has 14 heavy (non-hydrogen) atoms. The van der Waals surface area contributed by atoms with Gasteiger partial charge in [0, 0.05) is 25.6 Å². The Bertz CT molecular complexity index is 205. The van der Waals surface area contributed by atoms with Crippen molar-refractivity contribution >= 4 is 0 Å². The largest absolute Gasteiger partial charge is 0.312 e. The van der Waals surface area contributed by atoms with E-state index >= 15 is 0 Å². The zero-order valence-electron chi connectivity index (χ0n) is 8.84. The molecule has 2 atom stereocenters. The third kappa shape index (κ3) is 2.29. The third-order valence-corrected chi connectivity index (χ3v) is 3.47. The van der Waals surface area contributed by atoms with Gasteiger partial charge in [0.1, 0.15) is 0 Å². The van der Waals surface area contributed by atoms with Crippen molar-refractivity contribution in [2.24, 2.45) is 5.92 Å². The molecule has 2 nitrogen and oxygen atoms in total. The molecule has 0 saturated carbocycles. The second-order valence-corrected chi connectivity index (χ2v) is 4.53. The van der Waals surface area contributed by atoms with Crippen LogP contribution in [0.25, 0.3) is 0 Å². The third-order valence-electron chi connectivity index (χ3n) is 3.47. The van der Waals surface area contributed by atoms with E-state index < -0.39 is 0 Å². The summed E-state index contributed by atoms with van der Waals surface area (Å²) in [6.45, 7) is 4.95. The molecule has 2 rings (SSSR count). The maximum absolute atomic E-state index is 5.25. The number of nitrogens with one attached hydrogen (secondary N) is 1. The van der Waals surface area contributed by atoms with E-state index in [4.69, 9.17) is 6.42 Å². The van der Waals surface area contributed by atoms with E-state index in [1.54, 1.807) is 0 Å². The van der Waals surface area contributed by atoms with E-state index in [-0.39, 0.29) is 0 Å². The molecule has 2 saturated heterocycles. The molecule has 2 heteroatoms. The average Bonchev–Trinajstić information content (AvgIpc) is 2.60. The van der Waals surface area contributed by atoms with Crippen LogP contribution < -0.4 is 5.32 Å². The molecule has 0 aromatic rings. The standard InChI is InChI=1S/C12H20N2/c1-2-3-4-8-14-9-11-6-5-7-13-12(11)10-14/h1,11-13H,3-10H2. The Morgan fingerprint density at radius 2 is 2.36 bits per heavy atom. The van der Waals surface area contributed by atoms with Gasteiger partial charge in [-0.25, -0.2) is 0 Å². The Morgan fingerprint density at radius 3 is 3.14 bits per heavy atom. The Morgan fingerprint density at radius 1 is 1.43 bits per heavy atom. The highest BCUT2D eigenvalue weighted by atomic mass is 15.2. The predicted octanol–water partition coefficient (Wildman–Crippen LogP) is 1.08. The van der Waals surface area contributed by atoms with Crippen LogP contribution in [0.2, 0.25) is 0 Å². The minimum Gasteiger partial charge on any atom is -0.312 e. The molecule has 0 radical (unpaired) electrons. The number of hydrogen-bond acceptors (Lipinski definition) is 2. The molecule has 0 amide bonds. The summed E-state index contributed by atoms with van der Waals surface area (Å²) in [6, 6.07) is 0.773.